The maximum atomic E-state index is 13.1. The van der Waals surface area contributed by atoms with E-state index in [1.54, 1.807) is 11.8 Å². The van der Waals surface area contributed by atoms with Gasteiger partial charge in [-0.3, -0.25) is 9.59 Å². The lowest BCUT2D eigenvalue weighted by molar-refractivity contribution is -0.144. The Morgan fingerprint density at radius 2 is 1.84 bits per heavy atom. The van der Waals surface area contributed by atoms with Crippen molar-refractivity contribution >= 4 is 22.8 Å². The SMILES string of the molecule is CCOC(=O)CN(C(=O)c1cn(CC(C)C)c2ccccc12)C(C)C. The summed E-state index contributed by atoms with van der Waals surface area (Å²) in [4.78, 5) is 26.6. The number of amides is 1. The molecule has 0 fully saturated rings. The molecule has 0 aliphatic rings. The fourth-order valence-corrected chi connectivity index (χ4v) is 2.95. The van der Waals surface area contributed by atoms with E-state index in [9.17, 15) is 9.59 Å². The van der Waals surface area contributed by atoms with Crippen LogP contribution < -0.4 is 0 Å². The quantitative estimate of drug-likeness (QED) is 0.720. The zero-order valence-electron chi connectivity index (χ0n) is 15.8. The van der Waals surface area contributed by atoms with E-state index >= 15 is 0 Å². The standard InChI is InChI=1S/C20H28N2O3/c1-6-25-19(23)13-22(15(4)5)20(24)17-12-21(11-14(2)3)18-10-8-7-9-16(17)18/h7-10,12,14-15H,6,11,13H2,1-5H3. The number of carbonyl (C=O) groups excluding carboxylic acids is 2. The first kappa shape index (κ1) is 19.0. The van der Waals surface area contributed by atoms with Crippen LogP contribution in [0.15, 0.2) is 30.5 Å². The number of nitrogens with zero attached hydrogens (tertiary/aromatic N) is 2. The largest absolute Gasteiger partial charge is 0.465 e. The average Bonchev–Trinajstić information content (AvgIpc) is 2.90. The number of esters is 1. The second-order valence-electron chi connectivity index (χ2n) is 6.94. The molecule has 0 aliphatic heterocycles. The zero-order chi connectivity index (χ0) is 18.6. The molecule has 136 valence electrons. The van der Waals surface area contributed by atoms with Crippen molar-refractivity contribution in [3.8, 4) is 0 Å². The Kier molecular flexibility index (Phi) is 6.23. The Labute approximate surface area is 149 Å². The number of ether oxygens (including phenoxy) is 1. The number of fused-ring (bicyclic) bond motifs is 1. The number of hydrogen-bond donors (Lipinski definition) is 0. The number of para-hydroxylation sites is 1. The average molecular weight is 344 g/mol. The number of aromatic nitrogens is 1. The molecule has 0 bridgehead atoms. The first-order valence-electron chi connectivity index (χ1n) is 8.89. The van der Waals surface area contributed by atoms with E-state index in [2.05, 4.69) is 18.4 Å². The molecule has 0 saturated carbocycles. The third-order valence-electron chi connectivity index (χ3n) is 4.07. The fraction of sp³-hybridized carbons (Fsp3) is 0.500. The summed E-state index contributed by atoms with van der Waals surface area (Å²) in [5, 5.41) is 0.919. The summed E-state index contributed by atoms with van der Waals surface area (Å²) in [5.74, 6) is -0.0447. The maximum Gasteiger partial charge on any atom is 0.325 e. The van der Waals surface area contributed by atoms with E-state index in [-0.39, 0.29) is 24.5 Å². The molecule has 1 amide bonds. The second-order valence-corrected chi connectivity index (χ2v) is 6.94. The van der Waals surface area contributed by atoms with Crippen LogP contribution in [-0.2, 0) is 16.1 Å². The summed E-state index contributed by atoms with van der Waals surface area (Å²) in [7, 11) is 0. The minimum absolute atomic E-state index is 0.0337. The minimum Gasteiger partial charge on any atom is -0.465 e. The Hall–Kier alpha value is -2.30. The van der Waals surface area contributed by atoms with Crippen LogP contribution in [0.3, 0.4) is 0 Å². The molecule has 1 aromatic carbocycles. The molecular weight excluding hydrogens is 316 g/mol. The molecule has 25 heavy (non-hydrogen) atoms. The molecule has 0 saturated heterocycles. The predicted octanol–water partition coefficient (Wildman–Crippen LogP) is 3.71. The summed E-state index contributed by atoms with van der Waals surface area (Å²) in [6.45, 7) is 11.0. The van der Waals surface area contributed by atoms with E-state index in [0.717, 1.165) is 17.4 Å². The van der Waals surface area contributed by atoms with Crippen LogP contribution in [0, 0.1) is 5.92 Å². The lowest BCUT2D eigenvalue weighted by atomic mass is 10.1. The number of benzene rings is 1. The molecule has 0 unspecified atom stereocenters. The fourth-order valence-electron chi connectivity index (χ4n) is 2.95. The molecule has 0 N–H and O–H groups in total. The Balaban J connectivity index is 2.41. The van der Waals surface area contributed by atoms with Crippen LogP contribution in [0.5, 0.6) is 0 Å². The monoisotopic (exact) mass is 344 g/mol. The smallest absolute Gasteiger partial charge is 0.325 e. The number of carbonyl (C=O) groups is 2. The Morgan fingerprint density at radius 1 is 1.16 bits per heavy atom. The van der Waals surface area contributed by atoms with Gasteiger partial charge in [-0.1, -0.05) is 32.0 Å². The minimum atomic E-state index is -0.379. The zero-order valence-corrected chi connectivity index (χ0v) is 15.8. The highest BCUT2D eigenvalue weighted by Crippen LogP contribution is 2.24. The van der Waals surface area contributed by atoms with Gasteiger partial charge in [-0.25, -0.2) is 0 Å². The normalized spacial score (nSPS) is 11.3. The molecule has 0 atom stereocenters. The van der Waals surface area contributed by atoms with Crippen molar-refractivity contribution in [1.29, 1.82) is 0 Å². The predicted molar refractivity (Wildman–Crippen MR) is 99.6 cm³/mol. The van der Waals surface area contributed by atoms with Gasteiger partial charge in [-0.15, -0.1) is 0 Å². The van der Waals surface area contributed by atoms with Gasteiger partial charge in [-0.05, 0) is 32.8 Å². The van der Waals surface area contributed by atoms with Crippen molar-refractivity contribution in [3.63, 3.8) is 0 Å². The molecule has 1 heterocycles. The van der Waals surface area contributed by atoms with Crippen LogP contribution in [0.2, 0.25) is 0 Å². The molecular formula is C20H28N2O3. The van der Waals surface area contributed by atoms with Crippen molar-refractivity contribution in [2.75, 3.05) is 13.2 Å². The molecule has 2 rings (SSSR count). The highest BCUT2D eigenvalue weighted by molar-refractivity contribution is 6.07. The van der Waals surface area contributed by atoms with Gasteiger partial charge in [0.05, 0.1) is 12.2 Å². The molecule has 0 radical (unpaired) electrons. The van der Waals surface area contributed by atoms with Gasteiger partial charge < -0.3 is 14.2 Å². The maximum absolute atomic E-state index is 13.1. The lowest BCUT2D eigenvalue weighted by Crippen LogP contribution is -2.41. The van der Waals surface area contributed by atoms with Crippen LogP contribution in [0.25, 0.3) is 10.9 Å². The van der Waals surface area contributed by atoms with Gasteiger partial charge >= 0.3 is 5.97 Å². The first-order chi connectivity index (χ1) is 11.8. The van der Waals surface area contributed by atoms with E-state index in [0.29, 0.717) is 18.1 Å². The van der Waals surface area contributed by atoms with E-state index in [4.69, 9.17) is 4.74 Å². The van der Waals surface area contributed by atoms with Crippen molar-refractivity contribution in [2.24, 2.45) is 5.92 Å². The van der Waals surface area contributed by atoms with Gasteiger partial charge in [0, 0.05) is 29.7 Å². The molecule has 2 aromatic rings. The molecule has 0 aliphatic carbocycles. The van der Waals surface area contributed by atoms with Gasteiger partial charge in [0.2, 0.25) is 0 Å². The van der Waals surface area contributed by atoms with Gasteiger partial charge in [0.15, 0.2) is 0 Å². The molecule has 5 nitrogen and oxygen atoms in total. The van der Waals surface area contributed by atoms with Crippen LogP contribution in [0.4, 0.5) is 0 Å². The van der Waals surface area contributed by atoms with Gasteiger partial charge in [0.1, 0.15) is 6.54 Å². The van der Waals surface area contributed by atoms with Crippen molar-refractivity contribution in [1.82, 2.24) is 9.47 Å². The van der Waals surface area contributed by atoms with Crippen LogP contribution in [0.1, 0.15) is 45.0 Å². The highest BCUT2D eigenvalue weighted by atomic mass is 16.5. The first-order valence-corrected chi connectivity index (χ1v) is 8.89. The number of rotatable bonds is 7. The van der Waals surface area contributed by atoms with Crippen molar-refractivity contribution < 1.29 is 14.3 Å². The van der Waals surface area contributed by atoms with E-state index < -0.39 is 0 Å². The van der Waals surface area contributed by atoms with Crippen molar-refractivity contribution in [2.45, 2.75) is 47.2 Å². The number of hydrogen-bond acceptors (Lipinski definition) is 3. The molecule has 1 aromatic heterocycles. The van der Waals surface area contributed by atoms with Crippen LogP contribution in [-0.4, -0.2) is 40.5 Å². The Bertz CT molecular complexity index is 746. The summed E-state index contributed by atoms with van der Waals surface area (Å²) >= 11 is 0. The van der Waals surface area contributed by atoms with Crippen LogP contribution >= 0.6 is 0 Å². The third-order valence-corrected chi connectivity index (χ3v) is 4.07. The van der Waals surface area contributed by atoms with E-state index in [1.807, 2.05) is 44.3 Å². The third kappa shape index (κ3) is 4.41. The van der Waals surface area contributed by atoms with E-state index in [1.165, 1.54) is 0 Å². The summed E-state index contributed by atoms with van der Waals surface area (Å²) in [5.41, 5.74) is 1.67. The molecule has 0 spiro atoms. The summed E-state index contributed by atoms with van der Waals surface area (Å²) < 4.78 is 7.14. The second kappa shape index (κ2) is 8.19. The highest BCUT2D eigenvalue weighted by Gasteiger charge is 2.25. The Morgan fingerprint density at radius 3 is 2.44 bits per heavy atom. The van der Waals surface area contributed by atoms with Gasteiger partial charge in [0.25, 0.3) is 5.91 Å². The molecule has 5 heteroatoms. The topological polar surface area (TPSA) is 51.5 Å². The van der Waals surface area contributed by atoms with Crippen molar-refractivity contribution in [3.05, 3.63) is 36.0 Å². The lowest BCUT2D eigenvalue weighted by Gasteiger charge is -2.25. The summed E-state index contributed by atoms with van der Waals surface area (Å²) in [6.07, 6.45) is 1.91. The summed E-state index contributed by atoms with van der Waals surface area (Å²) in [6, 6.07) is 7.81. The van der Waals surface area contributed by atoms with Gasteiger partial charge in [-0.2, -0.15) is 0 Å².